The van der Waals surface area contributed by atoms with Crippen molar-refractivity contribution in [3.8, 4) is 0 Å². The average Bonchev–Trinajstić information content (AvgIpc) is 2.27. The molecule has 5 nitrogen and oxygen atoms in total. The Kier molecular flexibility index (Phi) is 5.68. The highest BCUT2D eigenvalue weighted by molar-refractivity contribution is 7.92. The van der Waals surface area contributed by atoms with Crippen LogP contribution < -0.4 is 5.32 Å². The highest BCUT2D eigenvalue weighted by Crippen LogP contribution is 2.17. The molecular formula is C10H21NO4S. The van der Waals surface area contributed by atoms with Crippen molar-refractivity contribution in [1.82, 2.24) is 5.32 Å². The SMILES string of the molecule is CCNCC(O)CS(=O)(=O)C1CCOCC1. The molecule has 1 fully saturated rings. The molecule has 0 bridgehead atoms. The van der Waals surface area contributed by atoms with Crippen LogP contribution in [0.1, 0.15) is 19.8 Å². The van der Waals surface area contributed by atoms with Gasteiger partial charge in [0.05, 0.1) is 17.1 Å². The number of nitrogens with one attached hydrogen (secondary N) is 1. The van der Waals surface area contributed by atoms with Crippen molar-refractivity contribution >= 4 is 9.84 Å². The lowest BCUT2D eigenvalue weighted by Gasteiger charge is -2.23. The van der Waals surface area contributed by atoms with Gasteiger partial charge >= 0.3 is 0 Å². The second-order valence-electron chi connectivity index (χ2n) is 4.10. The van der Waals surface area contributed by atoms with Crippen LogP contribution in [0.15, 0.2) is 0 Å². The van der Waals surface area contributed by atoms with Crippen molar-refractivity contribution in [3.05, 3.63) is 0 Å². The maximum absolute atomic E-state index is 11.9. The molecule has 0 amide bonds. The van der Waals surface area contributed by atoms with E-state index in [1.54, 1.807) is 0 Å². The summed E-state index contributed by atoms with van der Waals surface area (Å²) in [7, 11) is -3.18. The monoisotopic (exact) mass is 251 g/mol. The smallest absolute Gasteiger partial charge is 0.155 e. The molecule has 1 aliphatic rings. The maximum Gasteiger partial charge on any atom is 0.155 e. The second kappa shape index (κ2) is 6.54. The van der Waals surface area contributed by atoms with Crippen molar-refractivity contribution in [1.29, 1.82) is 0 Å². The highest BCUT2D eigenvalue weighted by atomic mass is 32.2. The maximum atomic E-state index is 11.9. The van der Waals surface area contributed by atoms with Gasteiger partial charge in [-0.15, -0.1) is 0 Å². The minimum Gasteiger partial charge on any atom is -0.391 e. The standard InChI is InChI=1S/C10H21NO4S/c1-2-11-7-9(12)8-16(13,14)10-3-5-15-6-4-10/h9-12H,2-8H2,1H3. The molecule has 1 unspecified atom stereocenters. The van der Waals surface area contributed by atoms with Crippen LogP contribution in [-0.4, -0.2) is 56.9 Å². The molecule has 96 valence electrons. The molecule has 1 aliphatic heterocycles. The molecule has 0 radical (unpaired) electrons. The Balaban J connectivity index is 2.43. The number of likely N-dealkylation sites (N-methyl/N-ethyl adjacent to an activating group) is 1. The summed E-state index contributed by atoms with van der Waals surface area (Å²) < 4.78 is 29.0. The lowest BCUT2D eigenvalue weighted by atomic mass is 10.2. The topological polar surface area (TPSA) is 75.6 Å². The van der Waals surface area contributed by atoms with Gasteiger partial charge in [0, 0.05) is 19.8 Å². The van der Waals surface area contributed by atoms with Gasteiger partial charge in [0.1, 0.15) is 0 Å². The minimum atomic E-state index is -3.18. The zero-order valence-corrected chi connectivity index (χ0v) is 10.5. The zero-order valence-electron chi connectivity index (χ0n) is 9.68. The van der Waals surface area contributed by atoms with Crippen molar-refractivity contribution in [2.75, 3.05) is 32.1 Å². The van der Waals surface area contributed by atoms with E-state index in [0.29, 0.717) is 32.6 Å². The summed E-state index contributed by atoms with van der Waals surface area (Å²) in [4.78, 5) is 0. The van der Waals surface area contributed by atoms with Gasteiger partial charge in [0.15, 0.2) is 9.84 Å². The Morgan fingerprint density at radius 1 is 1.44 bits per heavy atom. The number of hydrogen-bond acceptors (Lipinski definition) is 5. The van der Waals surface area contributed by atoms with E-state index in [2.05, 4.69) is 5.32 Å². The molecular weight excluding hydrogens is 230 g/mol. The summed E-state index contributed by atoms with van der Waals surface area (Å²) in [6.45, 7) is 3.99. The van der Waals surface area contributed by atoms with Gasteiger partial charge in [-0.3, -0.25) is 0 Å². The van der Waals surface area contributed by atoms with Crippen molar-refractivity contribution < 1.29 is 18.3 Å². The van der Waals surface area contributed by atoms with E-state index >= 15 is 0 Å². The van der Waals surface area contributed by atoms with Crippen LogP contribution >= 0.6 is 0 Å². The van der Waals surface area contributed by atoms with Gasteiger partial charge in [0.25, 0.3) is 0 Å². The molecule has 6 heteroatoms. The molecule has 0 spiro atoms. The molecule has 0 saturated carbocycles. The first kappa shape index (κ1) is 13.9. The average molecular weight is 251 g/mol. The summed E-state index contributed by atoms with van der Waals surface area (Å²) in [5.74, 6) is -0.148. The molecule has 0 aromatic rings. The largest absolute Gasteiger partial charge is 0.391 e. The third-order valence-corrected chi connectivity index (χ3v) is 5.07. The normalized spacial score (nSPS) is 20.9. The van der Waals surface area contributed by atoms with Crippen molar-refractivity contribution in [2.45, 2.75) is 31.1 Å². The minimum absolute atomic E-state index is 0.148. The summed E-state index contributed by atoms with van der Waals surface area (Å²) in [5.41, 5.74) is 0. The van der Waals surface area contributed by atoms with Gasteiger partial charge in [-0.25, -0.2) is 8.42 Å². The van der Waals surface area contributed by atoms with Gasteiger partial charge in [-0.2, -0.15) is 0 Å². The van der Waals surface area contributed by atoms with Crippen LogP contribution in [0.3, 0.4) is 0 Å². The van der Waals surface area contributed by atoms with Crippen LogP contribution in [0.25, 0.3) is 0 Å². The Hall–Kier alpha value is -0.170. The van der Waals surface area contributed by atoms with E-state index in [1.807, 2.05) is 6.92 Å². The zero-order chi connectivity index (χ0) is 12.0. The third kappa shape index (κ3) is 4.37. The summed E-state index contributed by atoms with van der Waals surface area (Å²) >= 11 is 0. The third-order valence-electron chi connectivity index (χ3n) is 2.73. The first-order valence-electron chi connectivity index (χ1n) is 5.74. The lowest BCUT2D eigenvalue weighted by molar-refractivity contribution is 0.0979. The van der Waals surface area contributed by atoms with Crippen LogP contribution in [0, 0.1) is 0 Å². The Labute approximate surface area is 97.1 Å². The van der Waals surface area contributed by atoms with Crippen LogP contribution in [0.2, 0.25) is 0 Å². The molecule has 1 saturated heterocycles. The Bertz CT molecular complexity index is 285. The Morgan fingerprint density at radius 3 is 2.62 bits per heavy atom. The van der Waals surface area contributed by atoms with E-state index < -0.39 is 15.9 Å². The number of rotatable bonds is 6. The van der Waals surface area contributed by atoms with Crippen LogP contribution in [-0.2, 0) is 14.6 Å². The molecule has 0 aromatic carbocycles. The first-order chi connectivity index (χ1) is 7.56. The lowest BCUT2D eigenvalue weighted by Crippen LogP contribution is -2.38. The molecule has 2 N–H and O–H groups in total. The van der Waals surface area contributed by atoms with Crippen LogP contribution in [0.5, 0.6) is 0 Å². The van der Waals surface area contributed by atoms with Gasteiger partial charge in [-0.1, -0.05) is 6.92 Å². The number of aliphatic hydroxyl groups is 1. The second-order valence-corrected chi connectivity index (χ2v) is 6.43. The summed E-state index contributed by atoms with van der Waals surface area (Å²) in [5, 5.41) is 12.2. The van der Waals surface area contributed by atoms with Gasteiger partial charge in [0.2, 0.25) is 0 Å². The molecule has 1 heterocycles. The van der Waals surface area contributed by atoms with Crippen molar-refractivity contribution in [3.63, 3.8) is 0 Å². The number of hydrogen-bond donors (Lipinski definition) is 2. The van der Waals surface area contributed by atoms with E-state index in [1.165, 1.54) is 0 Å². The van der Waals surface area contributed by atoms with E-state index in [0.717, 1.165) is 6.54 Å². The number of ether oxygens (including phenoxy) is 1. The first-order valence-corrected chi connectivity index (χ1v) is 7.46. The van der Waals surface area contributed by atoms with E-state index in [-0.39, 0.29) is 11.0 Å². The fraction of sp³-hybridized carbons (Fsp3) is 1.00. The molecule has 1 rings (SSSR count). The van der Waals surface area contributed by atoms with E-state index in [9.17, 15) is 13.5 Å². The molecule has 1 atom stereocenters. The van der Waals surface area contributed by atoms with Crippen LogP contribution in [0.4, 0.5) is 0 Å². The fourth-order valence-corrected chi connectivity index (χ4v) is 3.65. The quantitative estimate of drug-likeness (QED) is 0.669. The molecule has 0 aliphatic carbocycles. The van der Waals surface area contributed by atoms with E-state index in [4.69, 9.17) is 4.74 Å². The number of sulfone groups is 1. The predicted octanol–water partition coefficient (Wildman–Crippen LogP) is -0.449. The van der Waals surface area contributed by atoms with Gasteiger partial charge < -0.3 is 15.2 Å². The summed E-state index contributed by atoms with van der Waals surface area (Å²) in [6, 6.07) is 0. The Morgan fingerprint density at radius 2 is 2.06 bits per heavy atom. The molecule has 0 aromatic heterocycles. The van der Waals surface area contributed by atoms with Crippen molar-refractivity contribution in [2.24, 2.45) is 0 Å². The van der Waals surface area contributed by atoms with Gasteiger partial charge in [-0.05, 0) is 19.4 Å². The molecule has 16 heavy (non-hydrogen) atoms. The number of aliphatic hydroxyl groups excluding tert-OH is 1. The highest BCUT2D eigenvalue weighted by Gasteiger charge is 2.29. The summed E-state index contributed by atoms with van der Waals surface area (Å²) in [6.07, 6.45) is 0.291. The predicted molar refractivity (Wildman–Crippen MR) is 62.2 cm³/mol. The fourth-order valence-electron chi connectivity index (χ4n) is 1.81.